The second-order valence-corrected chi connectivity index (χ2v) is 11.5. The Bertz CT molecular complexity index is 918. The van der Waals surface area contributed by atoms with Gasteiger partial charge in [-0.2, -0.15) is 13.2 Å². The molecule has 0 spiro atoms. The van der Waals surface area contributed by atoms with Crippen molar-refractivity contribution in [2.24, 2.45) is 29.6 Å². The van der Waals surface area contributed by atoms with E-state index in [1.807, 2.05) is 0 Å². The van der Waals surface area contributed by atoms with Gasteiger partial charge < -0.3 is 0 Å². The molecule has 36 heavy (non-hydrogen) atoms. The Morgan fingerprint density at radius 3 is 1.69 bits per heavy atom. The van der Waals surface area contributed by atoms with Crippen molar-refractivity contribution in [3.05, 3.63) is 47.0 Å². The van der Waals surface area contributed by atoms with E-state index in [1.165, 1.54) is 57.8 Å². The lowest BCUT2D eigenvalue weighted by atomic mass is 9.69. The lowest BCUT2D eigenvalue weighted by molar-refractivity contribution is -0.0696. The molecule has 0 heterocycles. The number of hydrogen-bond acceptors (Lipinski definition) is 0. The highest BCUT2D eigenvalue weighted by molar-refractivity contribution is 5.40. The minimum Gasteiger partial charge on any atom is -0.206 e. The van der Waals surface area contributed by atoms with E-state index in [0.29, 0.717) is 17.4 Å². The van der Waals surface area contributed by atoms with E-state index in [4.69, 9.17) is 0 Å². The molecule has 0 unspecified atom stereocenters. The summed E-state index contributed by atoms with van der Waals surface area (Å²) in [5.74, 6) is 4.56. The molecule has 0 bridgehead atoms. The van der Waals surface area contributed by atoms with Gasteiger partial charge in [-0.15, -0.1) is 0 Å². The van der Waals surface area contributed by atoms with Crippen LogP contribution in [0.2, 0.25) is 0 Å². The van der Waals surface area contributed by atoms with Crippen LogP contribution in [0.1, 0.15) is 107 Å². The summed E-state index contributed by atoms with van der Waals surface area (Å²) in [7, 11) is 0. The monoisotopic (exact) mass is 506 g/mol. The van der Waals surface area contributed by atoms with Crippen LogP contribution in [0.5, 0.6) is 0 Å². The molecular weight excluding hydrogens is 467 g/mol. The van der Waals surface area contributed by atoms with Gasteiger partial charge in [0.05, 0.1) is 5.56 Å². The molecule has 1 aromatic rings. The molecule has 0 amide bonds. The minimum atomic E-state index is -4.78. The maximum atomic E-state index is 14.3. The molecule has 0 aromatic heterocycles. The maximum absolute atomic E-state index is 14.3. The Morgan fingerprint density at radius 2 is 1.22 bits per heavy atom. The van der Waals surface area contributed by atoms with Crippen molar-refractivity contribution in [1.29, 1.82) is 0 Å². The fraction of sp³-hybridized carbons (Fsp3) is 0.677. The van der Waals surface area contributed by atoms with E-state index in [1.54, 1.807) is 5.92 Å². The second kappa shape index (κ2) is 12.1. The van der Waals surface area contributed by atoms with Crippen LogP contribution in [0.25, 0.3) is 0 Å². The number of hydrogen-bond donors (Lipinski definition) is 0. The highest BCUT2D eigenvalue weighted by atomic mass is 19.4. The molecule has 0 atom stereocenters. The van der Waals surface area contributed by atoms with Crippen LogP contribution in [0, 0.1) is 53.1 Å². The molecule has 5 heteroatoms. The molecule has 0 saturated heterocycles. The molecule has 0 radical (unpaired) electrons. The van der Waals surface area contributed by atoms with E-state index in [-0.39, 0.29) is 5.92 Å². The van der Waals surface area contributed by atoms with Gasteiger partial charge in [-0.3, -0.25) is 0 Å². The minimum absolute atomic E-state index is 0.0292. The van der Waals surface area contributed by atoms with Crippen molar-refractivity contribution in [3.63, 3.8) is 0 Å². The van der Waals surface area contributed by atoms with E-state index >= 15 is 0 Å². The third-order valence-electron chi connectivity index (χ3n) is 9.24. The number of allylic oxidation sites excluding steroid dienone is 2. The average molecular weight is 507 g/mol. The first-order chi connectivity index (χ1) is 17.2. The molecule has 0 aliphatic heterocycles. The molecule has 3 saturated carbocycles. The number of alkyl halides is 3. The standard InChI is InChI=1S/C31H39F5/c1-2-21-5-11-24(12-6-21)25-13-7-22(8-14-25)3-4-23-9-15-26(16-10-23)27-19-29(32)28(30(33)20-27)17-18-31(34,35)36/h3-4,19-26H,2,5-16H2,1H3. The van der Waals surface area contributed by atoms with Crippen molar-refractivity contribution in [3.8, 4) is 11.8 Å². The molecular formula is C31H39F5. The molecule has 0 nitrogen and oxygen atoms in total. The van der Waals surface area contributed by atoms with E-state index < -0.39 is 23.4 Å². The lowest BCUT2D eigenvalue weighted by Crippen LogP contribution is -2.25. The van der Waals surface area contributed by atoms with E-state index in [0.717, 1.165) is 61.5 Å². The van der Waals surface area contributed by atoms with Crippen molar-refractivity contribution in [1.82, 2.24) is 0 Å². The van der Waals surface area contributed by atoms with Crippen molar-refractivity contribution < 1.29 is 22.0 Å². The molecule has 4 rings (SSSR count). The summed E-state index contributed by atoms with van der Waals surface area (Å²) in [5, 5.41) is 0. The zero-order valence-electron chi connectivity index (χ0n) is 21.4. The van der Waals surface area contributed by atoms with Crippen LogP contribution in [0.4, 0.5) is 22.0 Å². The number of halogens is 5. The van der Waals surface area contributed by atoms with Crippen molar-refractivity contribution in [2.75, 3.05) is 0 Å². The normalized spacial score (nSPS) is 31.7. The largest absolute Gasteiger partial charge is 0.458 e. The summed E-state index contributed by atoms with van der Waals surface area (Å²) in [6.45, 7) is 2.33. The number of rotatable bonds is 5. The summed E-state index contributed by atoms with van der Waals surface area (Å²) in [6, 6.07) is 2.33. The Labute approximate surface area is 213 Å². The molecule has 3 aliphatic rings. The quantitative estimate of drug-likeness (QED) is 0.212. The lowest BCUT2D eigenvalue weighted by Gasteiger charge is -2.37. The van der Waals surface area contributed by atoms with Crippen LogP contribution in [-0.2, 0) is 0 Å². The van der Waals surface area contributed by atoms with Crippen LogP contribution in [-0.4, -0.2) is 6.18 Å². The molecule has 3 aliphatic carbocycles. The summed E-state index contributed by atoms with van der Waals surface area (Å²) in [5.41, 5.74) is -0.285. The summed E-state index contributed by atoms with van der Waals surface area (Å²) >= 11 is 0. The summed E-state index contributed by atoms with van der Waals surface area (Å²) in [6.07, 6.45) is 16.0. The van der Waals surface area contributed by atoms with Crippen LogP contribution in [0.3, 0.4) is 0 Å². The first-order valence-corrected chi connectivity index (χ1v) is 14.0. The highest BCUT2D eigenvalue weighted by Crippen LogP contribution is 2.43. The van der Waals surface area contributed by atoms with Gasteiger partial charge >= 0.3 is 6.18 Å². The number of benzene rings is 1. The van der Waals surface area contributed by atoms with Gasteiger partial charge in [0.15, 0.2) is 0 Å². The smallest absolute Gasteiger partial charge is 0.206 e. The van der Waals surface area contributed by atoms with Gasteiger partial charge in [0.2, 0.25) is 0 Å². The molecule has 198 valence electrons. The predicted molar refractivity (Wildman–Crippen MR) is 134 cm³/mol. The van der Waals surface area contributed by atoms with Crippen LogP contribution in [0.15, 0.2) is 24.3 Å². The first-order valence-electron chi connectivity index (χ1n) is 14.0. The van der Waals surface area contributed by atoms with Crippen molar-refractivity contribution in [2.45, 2.75) is 102 Å². The maximum Gasteiger partial charge on any atom is 0.458 e. The summed E-state index contributed by atoms with van der Waals surface area (Å²) < 4.78 is 65.5. The average Bonchev–Trinajstić information content (AvgIpc) is 2.87. The highest BCUT2D eigenvalue weighted by Gasteiger charge is 2.30. The summed E-state index contributed by atoms with van der Waals surface area (Å²) in [4.78, 5) is 0. The van der Waals surface area contributed by atoms with Crippen molar-refractivity contribution >= 4 is 0 Å². The van der Waals surface area contributed by atoms with Gasteiger partial charge in [-0.25, -0.2) is 8.78 Å². The Hall–Kier alpha value is -1.83. The Kier molecular flexibility index (Phi) is 9.18. The fourth-order valence-corrected chi connectivity index (χ4v) is 6.92. The molecule has 3 fully saturated rings. The van der Waals surface area contributed by atoms with E-state index in [2.05, 4.69) is 19.1 Å². The SMILES string of the molecule is CCC1CCC(C2CCC(C=CC3CCC(c4cc(F)c(C#CC(F)(F)F)c(F)c4)CC3)CC2)CC1. The Balaban J connectivity index is 1.23. The van der Waals surface area contributed by atoms with Gasteiger partial charge in [-0.05, 0) is 117 Å². The third kappa shape index (κ3) is 7.36. The topological polar surface area (TPSA) is 0 Å². The van der Waals surface area contributed by atoms with Gasteiger partial charge in [-0.1, -0.05) is 44.3 Å². The Morgan fingerprint density at radius 1 is 0.750 bits per heavy atom. The van der Waals surface area contributed by atoms with Gasteiger partial charge in [0.1, 0.15) is 11.6 Å². The van der Waals surface area contributed by atoms with Gasteiger partial charge in [0.25, 0.3) is 0 Å². The van der Waals surface area contributed by atoms with E-state index in [9.17, 15) is 22.0 Å². The molecule has 0 N–H and O–H groups in total. The first kappa shape index (κ1) is 27.2. The van der Waals surface area contributed by atoms with Gasteiger partial charge in [0, 0.05) is 5.92 Å². The zero-order chi connectivity index (χ0) is 25.7. The zero-order valence-corrected chi connectivity index (χ0v) is 21.4. The third-order valence-corrected chi connectivity index (χ3v) is 9.24. The van der Waals surface area contributed by atoms with Crippen LogP contribution < -0.4 is 0 Å². The molecule has 1 aromatic carbocycles. The predicted octanol–water partition coefficient (Wildman–Crippen LogP) is 9.73. The van der Waals surface area contributed by atoms with Crippen LogP contribution >= 0.6 is 0 Å². The fourth-order valence-electron chi connectivity index (χ4n) is 6.92. The second-order valence-electron chi connectivity index (χ2n) is 11.5.